The molecule has 152 valence electrons. The van der Waals surface area contributed by atoms with E-state index in [2.05, 4.69) is 11.9 Å². The van der Waals surface area contributed by atoms with E-state index in [4.69, 9.17) is 4.74 Å². The van der Waals surface area contributed by atoms with Crippen LogP contribution in [0.2, 0.25) is 0 Å². The second-order valence-corrected chi connectivity index (χ2v) is 7.62. The molecular formula is C20H25FN2O5. The van der Waals surface area contributed by atoms with Crippen molar-refractivity contribution in [1.82, 2.24) is 5.32 Å². The molecule has 0 aromatic heterocycles. The van der Waals surface area contributed by atoms with Crippen LogP contribution in [0.3, 0.4) is 0 Å². The summed E-state index contributed by atoms with van der Waals surface area (Å²) in [5.41, 5.74) is -0.179. The third kappa shape index (κ3) is 5.31. The summed E-state index contributed by atoms with van der Waals surface area (Å²) < 4.78 is 19.5. The lowest BCUT2D eigenvalue weighted by Gasteiger charge is -2.26. The van der Waals surface area contributed by atoms with Crippen LogP contribution in [0.25, 0.3) is 0 Å². The minimum absolute atomic E-state index is 0.0784. The number of hydrogen-bond acceptors (Lipinski definition) is 4. The van der Waals surface area contributed by atoms with Gasteiger partial charge in [-0.3, -0.25) is 9.69 Å². The highest BCUT2D eigenvalue weighted by Gasteiger charge is 2.37. The summed E-state index contributed by atoms with van der Waals surface area (Å²) in [6.07, 6.45) is 1.42. The molecule has 1 heterocycles. The number of rotatable bonds is 6. The van der Waals surface area contributed by atoms with Gasteiger partial charge in [0.05, 0.1) is 6.04 Å². The summed E-state index contributed by atoms with van der Waals surface area (Å²) in [5.74, 6) is -2.17. The highest BCUT2D eigenvalue weighted by Crippen LogP contribution is 2.31. The van der Waals surface area contributed by atoms with Crippen LogP contribution in [0.5, 0.6) is 0 Å². The predicted molar refractivity (Wildman–Crippen MR) is 101 cm³/mol. The Morgan fingerprint density at radius 1 is 1.43 bits per heavy atom. The van der Waals surface area contributed by atoms with E-state index in [-0.39, 0.29) is 24.4 Å². The Hall–Kier alpha value is -2.90. The molecule has 1 saturated heterocycles. The molecule has 2 amide bonds. The van der Waals surface area contributed by atoms with Crippen LogP contribution in [0, 0.1) is 5.82 Å². The Morgan fingerprint density at radius 2 is 2.11 bits per heavy atom. The van der Waals surface area contributed by atoms with Gasteiger partial charge in [-0.25, -0.2) is 14.0 Å². The number of carboxylic acid groups (broad SMARTS) is 1. The normalized spacial score (nSPS) is 17.9. The van der Waals surface area contributed by atoms with E-state index in [0.29, 0.717) is 12.0 Å². The number of alkyl carbamates (subject to hydrolysis) is 1. The van der Waals surface area contributed by atoms with Gasteiger partial charge in [-0.2, -0.15) is 0 Å². The highest BCUT2D eigenvalue weighted by atomic mass is 19.1. The van der Waals surface area contributed by atoms with Gasteiger partial charge in [0, 0.05) is 12.1 Å². The van der Waals surface area contributed by atoms with E-state index >= 15 is 0 Å². The average molecular weight is 392 g/mol. The summed E-state index contributed by atoms with van der Waals surface area (Å²) in [6, 6.07) is 2.15. The maximum atomic E-state index is 14.3. The SMILES string of the molecule is C=CC[C@H](NC(=O)OC(C)(C)C)c1cc(F)cc(N2C(=O)CC[C@@H]2C(=O)O)c1. The summed E-state index contributed by atoms with van der Waals surface area (Å²) in [5, 5.41) is 12.0. The maximum absolute atomic E-state index is 14.3. The first-order valence-corrected chi connectivity index (χ1v) is 8.97. The number of ether oxygens (including phenoxy) is 1. The molecule has 28 heavy (non-hydrogen) atoms. The molecule has 8 heteroatoms. The molecule has 0 aliphatic carbocycles. The monoisotopic (exact) mass is 392 g/mol. The number of benzene rings is 1. The molecule has 0 unspecified atom stereocenters. The van der Waals surface area contributed by atoms with Crippen molar-refractivity contribution in [2.24, 2.45) is 0 Å². The van der Waals surface area contributed by atoms with Gasteiger partial charge in [-0.1, -0.05) is 6.08 Å². The van der Waals surface area contributed by atoms with Crippen molar-refractivity contribution in [3.8, 4) is 0 Å². The number of nitrogens with zero attached hydrogens (tertiary/aromatic N) is 1. The average Bonchev–Trinajstić information content (AvgIpc) is 2.94. The number of carboxylic acids is 1. The van der Waals surface area contributed by atoms with Gasteiger partial charge in [-0.05, 0) is 57.4 Å². The number of aliphatic carboxylic acids is 1. The molecule has 0 radical (unpaired) electrons. The fourth-order valence-corrected chi connectivity index (χ4v) is 3.07. The van der Waals surface area contributed by atoms with Gasteiger partial charge >= 0.3 is 12.1 Å². The molecule has 1 aliphatic heterocycles. The number of nitrogens with one attached hydrogen (secondary N) is 1. The minimum Gasteiger partial charge on any atom is -0.480 e. The van der Waals surface area contributed by atoms with E-state index in [1.807, 2.05) is 0 Å². The van der Waals surface area contributed by atoms with Crippen LogP contribution in [0.15, 0.2) is 30.9 Å². The molecule has 0 saturated carbocycles. The first-order valence-electron chi connectivity index (χ1n) is 8.97. The van der Waals surface area contributed by atoms with E-state index in [9.17, 15) is 23.9 Å². The molecule has 0 spiro atoms. The van der Waals surface area contributed by atoms with E-state index < -0.39 is 35.6 Å². The first-order chi connectivity index (χ1) is 13.0. The van der Waals surface area contributed by atoms with E-state index in [0.717, 1.165) is 11.0 Å². The molecule has 2 rings (SSSR count). The van der Waals surface area contributed by atoms with Crippen LogP contribution < -0.4 is 10.2 Å². The quantitative estimate of drug-likeness (QED) is 0.722. The second-order valence-electron chi connectivity index (χ2n) is 7.62. The topological polar surface area (TPSA) is 95.9 Å². The number of carbonyl (C=O) groups excluding carboxylic acids is 2. The zero-order chi connectivity index (χ0) is 21.1. The number of amides is 2. The number of anilines is 1. The lowest BCUT2D eigenvalue weighted by molar-refractivity contribution is -0.138. The number of hydrogen-bond donors (Lipinski definition) is 2. The van der Waals surface area contributed by atoms with Crippen molar-refractivity contribution in [3.63, 3.8) is 0 Å². The van der Waals surface area contributed by atoms with Crippen LogP contribution in [-0.4, -0.2) is 34.7 Å². The van der Waals surface area contributed by atoms with Gasteiger partial charge in [0.2, 0.25) is 5.91 Å². The first kappa shape index (κ1) is 21.4. The van der Waals surface area contributed by atoms with Crippen LogP contribution in [0.1, 0.15) is 51.6 Å². The maximum Gasteiger partial charge on any atom is 0.408 e. The standard InChI is InChI=1S/C20H25FN2O5/c1-5-6-15(22-19(27)28-20(2,3)4)12-9-13(21)11-14(10-12)23-16(18(25)26)7-8-17(23)24/h5,9-11,15-16H,1,6-8H2,2-4H3,(H,22,27)(H,25,26)/t15-,16+/m0/s1. The Balaban J connectivity index is 2.35. The zero-order valence-corrected chi connectivity index (χ0v) is 16.2. The van der Waals surface area contributed by atoms with Gasteiger partial charge < -0.3 is 15.2 Å². The Kier molecular flexibility index (Phi) is 6.43. The van der Waals surface area contributed by atoms with Crippen molar-refractivity contribution in [1.29, 1.82) is 0 Å². The van der Waals surface area contributed by atoms with Crippen LogP contribution in [0.4, 0.5) is 14.9 Å². The summed E-state index contributed by atoms with van der Waals surface area (Å²) >= 11 is 0. The molecule has 1 fully saturated rings. The number of carbonyl (C=O) groups is 3. The third-order valence-electron chi connectivity index (χ3n) is 4.18. The molecule has 7 nitrogen and oxygen atoms in total. The molecule has 1 aromatic carbocycles. The van der Waals surface area contributed by atoms with Crippen LogP contribution >= 0.6 is 0 Å². The molecule has 1 aromatic rings. The Morgan fingerprint density at radius 3 is 2.68 bits per heavy atom. The second kappa shape index (κ2) is 8.41. The van der Waals surface area contributed by atoms with Gasteiger partial charge in [0.25, 0.3) is 0 Å². The summed E-state index contributed by atoms with van der Waals surface area (Å²) in [6.45, 7) is 8.82. The third-order valence-corrected chi connectivity index (χ3v) is 4.18. The Bertz CT molecular complexity index is 787. The lowest BCUT2D eigenvalue weighted by Crippen LogP contribution is -2.39. The van der Waals surface area contributed by atoms with Gasteiger partial charge in [0.15, 0.2) is 0 Å². The Labute approximate surface area is 163 Å². The lowest BCUT2D eigenvalue weighted by atomic mass is 10.0. The van der Waals surface area contributed by atoms with E-state index in [1.54, 1.807) is 26.8 Å². The van der Waals surface area contributed by atoms with Crippen molar-refractivity contribution in [2.45, 2.75) is 57.7 Å². The van der Waals surface area contributed by atoms with Crippen molar-refractivity contribution < 1.29 is 28.6 Å². The van der Waals surface area contributed by atoms with Crippen molar-refractivity contribution in [2.75, 3.05) is 4.90 Å². The van der Waals surface area contributed by atoms with Crippen molar-refractivity contribution in [3.05, 3.63) is 42.2 Å². The molecular weight excluding hydrogens is 367 g/mol. The van der Waals surface area contributed by atoms with Crippen LogP contribution in [-0.2, 0) is 14.3 Å². The fourth-order valence-electron chi connectivity index (χ4n) is 3.07. The van der Waals surface area contributed by atoms with Gasteiger partial charge in [0.1, 0.15) is 17.5 Å². The molecule has 1 aliphatic rings. The highest BCUT2D eigenvalue weighted by molar-refractivity contribution is 6.02. The minimum atomic E-state index is -1.15. The fraction of sp³-hybridized carbons (Fsp3) is 0.450. The summed E-state index contributed by atoms with van der Waals surface area (Å²) in [4.78, 5) is 36.8. The smallest absolute Gasteiger partial charge is 0.408 e. The molecule has 0 bridgehead atoms. The molecule has 2 N–H and O–H groups in total. The number of halogens is 1. The van der Waals surface area contributed by atoms with Crippen molar-refractivity contribution >= 4 is 23.7 Å². The predicted octanol–water partition coefficient (Wildman–Crippen LogP) is 3.55. The van der Waals surface area contributed by atoms with E-state index in [1.165, 1.54) is 12.1 Å². The zero-order valence-electron chi connectivity index (χ0n) is 16.2. The van der Waals surface area contributed by atoms with Gasteiger partial charge in [-0.15, -0.1) is 6.58 Å². The summed E-state index contributed by atoms with van der Waals surface area (Å²) in [7, 11) is 0. The largest absolute Gasteiger partial charge is 0.480 e. The molecule has 2 atom stereocenters.